The van der Waals surface area contributed by atoms with Crippen LogP contribution in [0.5, 0.6) is 0 Å². The molecule has 0 saturated heterocycles. The van der Waals surface area contributed by atoms with Gasteiger partial charge in [-0.1, -0.05) is 18.2 Å². The Morgan fingerprint density at radius 3 is 2.94 bits per heavy atom. The number of hydrogen-bond acceptors (Lipinski definition) is 2. The lowest BCUT2D eigenvalue weighted by atomic mass is 9.94. The van der Waals surface area contributed by atoms with E-state index in [-0.39, 0.29) is 11.8 Å². The number of nitrogens with one attached hydrogen (secondary N) is 1. The van der Waals surface area contributed by atoms with E-state index in [9.17, 15) is 4.79 Å². The zero-order valence-electron chi connectivity index (χ0n) is 8.64. The molecule has 1 atom stereocenters. The molecule has 0 fully saturated rings. The Kier molecular flexibility index (Phi) is 2.26. The summed E-state index contributed by atoms with van der Waals surface area (Å²) >= 11 is 1.67. The zero-order chi connectivity index (χ0) is 11.0. The minimum atomic E-state index is -0.0224. The number of fused-ring (bicyclic) bond motifs is 1. The number of rotatable bonds is 2. The molecule has 1 aromatic heterocycles. The third-order valence-electron chi connectivity index (χ3n) is 2.93. The fraction of sp³-hybridized carbons (Fsp3) is 0.154. The summed E-state index contributed by atoms with van der Waals surface area (Å²) in [6, 6.07) is 10.0. The van der Waals surface area contributed by atoms with Crippen molar-refractivity contribution in [1.29, 1.82) is 0 Å². The van der Waals surface area contributed by atoms with Gasteiger partial charge in [0.2, 0.25) is 5.91 Å². The molecule has 1 aromatic carbocycles. The maximum Gasteiger partial charge on any atom is 0.232 e. The highest BCUT2D eigenvalue weighted by molar-refractivity contribution is 7.07. The summed E-state index contributed by atoms with van der Waals surface area (Å²) in [4.78, 5) is 11.8. The average molecular weight is 229 g/mol. The number of amides is 1. The first-order valence-corrected chi connectivity index (χ1v) is 6.20. The Morgan fingerprint density at radius 1 is 1.25 bits per heavy atom. The number of thiophene rings is 1. The van der Waals surface area contributed by atoms with Gasteiger partial charge < -0.3 is 5.32 Å². The van der Waals surface area contributed by atoms with Crippen LogP contribution in [-0.2, 0) is 11.2 Å². The molecule has 2 heterocycles. The lowest BCUT2D eigenvalue weighted by molar-refractivity contribution is -0.117. The van der Waals surface area contributed by atoms with Crippen LogP contribution in [0, 0.1) is 0 Å². The average Bonchev–Trinajstić information content (AvgIpc) is 2.89. The molecule has 16 heavy (non-hydrogen) atoms. The third kappa shape index (κ3) is 1.53. The molecule has 0 radical (unpaired) electrons. The molecule has 0 spiro atoms. The lowest BCUT2D eigenvalue weighted by Crippen LogP contribution is -2.13. The summed E-state index contributed by atoms with van der Waals surface area (Å²) in [5, 5.41) is 7.08. The number of carbonyl (C=O) groups is 1. The summed E-state index contributed by atoms with van der Waals surface area (Å²) in [6.45, 7) is 0. The Balaban J connectivity index is 1.93. The first-order valence-electron chi connectivity index (χ1n) is 5.25. The standard InChI is InChI=1S/C13H11NOS/c15-13-11(7-9-5-6-16-8-9)10-3-1-2-4-12(10)14-13/h1-6,8,11H,7H2,(H,14,15)/t11-/m0/s1. The minimum absolute atomic E-state index is 0.0224. The first-order chi connectivity index (χ1) is 7.84. The quantitative estimate of drug-likeness (QED) is 0.842. The molecular formula is C13H11NOS. The van der Waals surface area contributed by atoms with Gasteiger partial charge in [0, 0.05) is 5.69 Å². The highest BCUT2D eigenvalue weighted by atomic mass is 32.1. The van der Waals surface area contributed by atoms with Crippen LogP contribution in [0.15, 0.2) is 41.1 Å². The number of para-hydroxylation sites is 1. The van der Waals surface area contributed by atoms with Gasteiger partial charge in [-0.05, 0) is 40.4 Å². The van der Waals surface area contributed by atoms with Crippen LogP contribution in [-0.4, -0.2) is 5.91 Å². The Labute approximate surface area is 97.9 Å². The molecule has 1 aliphatic heterocycles. The predicted molar refractivity (Wildman–Crippen MR) is 65.8 cm³/mol. The van der Waals surface area contributed by atoms with Gasteiger partial charge in [-0.2, -0.15) is 11.3 Å². The van der Waals surface area contributed by atoms with Crippen molar-refractivity contribution in [2.24, 2.45) is 0 Å². The molecule has 2 nitrogen and oxygen atoms in total. The molecule has 3 heteroatoms. The monoisotopic (exact) mass is 229 g/mol. The fourth-order valence-corrected chi connectivity index (χ4v) is 2.80. The van der Waals surface area contributed by atoms with E-state index in [2.05, 4.69) is 16.8 Å². The van der Waals surface area contributed by atoms with E-state index in [1.54, 1.807) is 11.3 Å². The number of anilines is 1. The number of hydrogen-bond donors (Lipinski definition) is 1. The summed E-state index contributed by atoms with van der Waals surface area (Å²) in [5.41, 5.74) is 3.33. The van der Waals surface area contributed by atoms with Gasteiger partial charge in [0.15, 0.2) is 0 Å². The second-order valence-electron chi connectivity index (χ2n) is 3.96. The van der Waals surface area contributed by atoms with Crippen LogP contribution < -0.4 is 5.32 Å². The largest absolute Gasteiger partial charge is 0.325 e. The van der Waals surface area contributed by atoms with Crippen molar-refractivity contribution in [1.82, 2.24) is 0 Å². The second-order valence-corrected chi connectivity index (χ2v) is 4.74. The maximum absolute atomic E-state index is 11.8. The van der Waals surface area contributed by atoms with Crippen molar-refractivity contribution in [2.45, 2.75) is 12.3 Å². The molecular weight excluding hydrogens is 218 g/mol. The molecule has 1 aliphatic rings. The maximum atomic E-state index is 11.8. The molecule has 0 saturated carbocycles. The van der Waals surface area contributed by atoms with E-state index < -0.39 is 0 Å². The van der Waals surface area contributed by atoms with Gasteiger partial charge in [-0.15, -0.1) is 0 Å². The van der Waals surface area contributed by atoms with E-state index in [0.29, 0.717) is 0 Å². The van der Waals surface area contributed by atoms with Crippen molar-refractivity contribution in [3.8, 4) is 0 Å². The van der Waals surface area contributed by atoms with Crippen molar-refractivity contribution in [3.05, 3.63) is 52.2 Å². The van der Waals surface area contributed by atoms with E-state index in [4.69, 9.17) is 0 Å². The highest BCUT2D eigenvalue weighted by Crippen LogP contribution is 2.34. The van der Waals surface area contributed by atoms with Crippen LogP contribution in [0.3, 0.4) is 0 Å². The molecule has 1 N–H and O–H groups in total. The highest BCUT2D eigenvalue weighted by Gasteiger charge is 2.29. The zero-order valence-corrected chi connectivity index (χ0v) is 9.46. The van der Waals surface area contributed by atoms with Crippen molar-refractivity contribution in [2.75, 3.05) is 5.32 Å². The smallest absolute Gasteiger partial charge is 0.232 e. The fourth-order valence-electron chi connectivity index (χ4n) is 2.12. The first kappa shape index (κ1) is 9.60. The van der Waals surface area contributed by atoms with Gasteiger partial charge in [0.1, 0.15) is 0 Å². The Morgan fingerprint density at radius 2 is 2.12 bits per heavy atom. The Bertz CT molecular complexity index is 518. The molecule has 2 aromatic rings. The predicted octanol–water partition coefficient (Wildman–Crippen LogP) is 3.03. The summed E-state index contributed by atoms with van der Waals surface area (Å²) in [7, 11) is 0. The van der Waals surface area contributed by atoms with Crippen molar-refractivity contribution in [3.63, 3.8) is 0 Å². The summed E-state index contributed by atoms with van der Waals surface area (Å²) in [5.74, 6) is 0.0956. The number of carbonyl (C=O) groups excluding carboxylic acids is 1. The van der Waals surface area contributed by atoms with Gasteiger partial charge in [0.05, 0.1) is 5.92 Å². The summed E-state index contributed by atoms with van der Waals surface area (Å²) in [6.07, 6.45) is 0.798. The normalized spacial score (nSPS) is 18.2. The third-order valence-corrected chi connectivity index (χ3v) is 3.66. The van der Waals surface area contributed by atoms with Crippen LogP contribution in [0.1, 0.15) is 17.0 Å². The summed E-state index contributed by atoms with van der Waals surface area (Å²) < 4.78 is 0. The SMILES string of the molecule is O=C1Nc2ccccc2[C@@H]1Cc1ccsc1. The van der Waals surface area contributed by atoms with Gasteiger partial charge in [-0.25, -0.2) is 0 Å². The molecule has 0 unspecified atom stereocenters. The van der Waals surface area contributed by atoms with Crippen LogP contribution in [0.25, 0.3) is 0 Å². The second kappa shape index (κ2) is 3.76. The van der Waals surface area contributed by atoms with E-state index >= 15 is 0 Å². The number of benzene rings is 1. The van der Waals surface area contributed by atoms with Crippen LogP contribution in [0.4, 0.5) is 5.69 Å². The molecule has 3 rings (SSSR count). The molecule has 80 valence electrons. The van der Waals surface area contributed by atoms with E-state index in [0.717, 1.165) is 17.7 Å². The van der Waals surface area contributed by atoms with Crippen molar-refractivity contribution < 1.29 is 4.79 Å². The Hall–Kier alpha value is -1.61. The van der Waals surface area contributed by atoms with Gasteiger partial charge >= 0.3 is 0 Å². The van der Waals surface area contributed by atoms with E-state index in [1.807, 2.05) is 29.6 Å². The molecule has 1 amide bonds. The minimum Gasteiger partial charge on any atom is -0.325 e. The van der Waals surface area contributed by atoms with Crippen LogP contribution in [0.2, 0.25) is 0 Å². The van der Waals surface area contributed by atoms with Crippen molar-refractivity contribution >= 4 is 22.9 Å². The lowest BCUT2D eigenvalue weighted by Gasteiger charge is -2.06. The molecule has 0 bridgehead atoms. The van der Waals surface area contributed by atoms with Gasteiger partial charge in [0.25, 0.3) is 0 Å². The van der Waals surface area contributed by atoms with E-state index in [1.165, 1.54) is 5.56 Å². The molecule has 0 aliphatic carbocycles. The topological polar surface area (TPSA) is 29.1 Å². The van der Waals surface area contributed by atoms with Crippen LogP contribution >= 0.6 is 11.3 Å². The van der Waals surface area contributed by atoms with Gasteiger partial charge in [-0.3, -0.25) is 4.79 Å².